The molecule has 0 bridgehead atoms. The van der Waals surface area contributed by atoms with Gasteiger partial charge in [0, 0.05) is 11.8 Å². The minimum Gasteiger partial charge on any atom is -0.496 e. The number of methoxy groups -OCH3 is 1. The molecule has 194 valence electrons. The zero-order chi connectivity index (χ0) is 27.5. The number of carboxylic acids is 1. The molecule has 0 heterocycles. The van der Waals surface area contributed by atoms with Crippen molar-refractivity contribution in [2.45, 2.75) is 18.8 Å². The van der Waals surface area contributed by atoms with Crippen molar-refractivity contribution in [2.24, 2.45) is 11.8 Å². The summed E-state index contributed by atoms with van der Waals surface area (Å²) >= 11 is 0. The van der Waals surface area contributed by atoms with Crippen LogP contribution in [0, 0.1) is 30.1 Å². The van der Waals surface area contributed by atoms with E-state index in [2.05, 4.69) is 6.07 Å². The van der Waals surface area contributed by atoms with E-state index in [0.29, 0.717) is 22.6 Å². The summed E-state index contributed by atoms with van der Waals surface area (Å²) in [6, 6.07) is 31.2. The molecule has 0 saturated heterocycles. The van der Waals surface area contributed by atoms with Gasteiger partial charge in [0.25, 0.3) is 0 Å². The molecule has 0 spiro atoms. The number of carbonyl (C=O) groups is 2. The molecule has 1 N–H and O–H groups in total. The Morgan fingerprint density at radius 2 is 1.46 bits per heavy atom. The van der Waals surface area contributed by atoms with E-state index in [-0.39, 0.29) is 0 Å². The second-order valence-electron chi connectivity index (χ2n) is 9.68. The lowest BCUT2D eigenvalue weighted by molar-refractivity contribution is -0.158. The van der Waals surface area contributed by atoms with E-state index in [1.165, 1.54) is 7.11 Å². The van der Waals surface area contributed by atoms with Gasteiger partial charge in [-0.05, 0) is 65.1 Å². The van der Waals surface area contributed by atoms with Crippen molar-refractivity contribution >= 4 is 11.9 Å². The van der Waals surface area contributed by atoms with Crippen molar-refractivity contribution in [3.05, 3.63) is 119 Å². The molecule has 39 heavy (non-hydrogen) atoms. The van der Waals surface area contributed by atoms with Crippen LogP contribution in [0.2, 0.25) is 0 Å². The van der Waals surface area contributed by atoms with Crippen LogP contribution in [-0.2, 0) is 9.59 Å². The molecule has 0 aliphatic heterocycles. The fourth-order valence-electron chi connectivity index (χ4n) is 5.69. The number of aliphatic carboxylic acids is 1. The number of esters is 1. The van der Waals surface area contributed by atoms with Gasteiger partial charge in [-0.1, -0.05) is 66.7 Å². The molecule has 6 heteroatoms. The van der Waals surface area contributed by atoms with E-state index in [4.69, 9.17) is 14.7 Å². The highest BCUT2D eigenvalue weighted by Crippen LogP contribution is 2.59. The van der Waals surface area contributed by atoms with Gasteiger partial charge in [0.2, 0.25) is 0 Å². The van der Waals surface area contributed by atoms with Crippen molar-refractivity contribution in [1.29, 1.82) is 5.26 Å². The molecule has 5 rings (SSSR count). The van der Waals surface area contributed by atoms with E-state index in [0.717, 1.165) is 22.3 Å². The molecule has 6 nitrogen and oxygen atoms in total. The molecule has 0 aromatic heterocycles. The Balaban J connectivity index is 1.52. The molecule has 0 amide bonds. The van der Waals surface area contributed by atoms with Crippen LogP contribution in [0.5, 0.6) is 11.5 Å². The third-order valence-electron chi connectivity index (χ3n) is 7.55. The van der Waals surface area contributed by atoms with Crippen molar-refractivity contribution < 1.29 is 24.2 Å². The van der Waals surface area contributed by atoms with Crippen molar-refractivity contribution in [2.75, 3.05) is 7.11 Å². The highest BCUT2D eigenvalue weighted by molar-refractivity contribution is 5.86. The van der Waals surface area contributed by atoms with Crippen molar-refractivity contribution in [1.82, 2.24) is 0 Å². The molecule has 4 aromatic carbocycles. The second-order valence-corrected chi connectivity index (χ2v) is 9.68. The summed E-state index contributed by atoms with van der Waals surface area (Å²) in [7, 11) is 1.54. The molecular weight excluding hydrogens is 490 g/mol. The summed E-state index contributed by atoms with van der Waals surface area (Å²) in [5.74, 6) is -3.31. The van der Waals surface area contributed by atoms with Gasteiger partial charge in [0.1, 0.15) is 11.5 Å². The average Bonchev–Trinajstić information content (AvgIpc) is 2.94. The largest absolute Gasteiger partial charge is 0.496 e. The first-order valence-corrected chi connectivity index (χ1v) is 12.7. The Morgan fingerprint density at radius 1 is 0.795 bits per heavy atom. The lowest BCUT2D eigenvalue weighted by atomic mass is 9.52. The summed E-state index contributed by atoms with van der Waals surface area (Å²) in [6.07, 6.45) is 0. The van der Waals surface area contributed by atoms with Gasteiger partial charge >= 0.3 is 11.9 Å². The monoisotopic (exact) mass is 517 g/mol. The molecule has 1 unspecified atom stereocenters. The van der Waals surface area contributed by atoms with Crippen LogP contribution >= 0.6 is 0 Å². The van der Waals surface area contributed by atoms with Crippen molar-refractivity contribution in [3.63, 3.8) is 0 Å². The topological polar surface area (TPSA) is 96.6 Å². The number of rotatable bonds is 7. The number of carbonyl (C=O) groups excluding carboxylic acids is 1. The quantitative estimate of drug-likeness (QED) is 0.227. The minimum atomic E-state index is -0.967. The highest BCUT2D eigenvalue weighted by atomic mass is 16.5. The number of aryl methyl sites for hydroxylation is 1. The smallest absolute Gasteiger partial charge is 0.315 e. The summed E-state index contributed by atoms with van der Waals surface area (Å²) < 4.78 is 11.5. The van der Waals surface area contributed by atoms with Gasteiger partial charge in [0.05, 0.1) is 30.6 Å². The van der Waals surface area contributed by atoms with Crippen LogP contribution < -0.4 is 9.47 Å². The van der Waals surface area contributed by atoms with Crippen LogP contribution in [0.3, 0.4) is 0 Å². The number of benzene rings is 4. The predicted molar refractivity (Wildman–Crippen MR) is 146 cm³/mol. The standard InChI is InChI=1S/C33H27NO5/c1-20-8-3-4-11-25(20)28-30(32(35)36)29(26-12-5-6-13-27(26)38-2)31(28)33(37)39-24-10-7-9-23(18-24)22-16-14-21(19-34)15-17-22/h3-18,28-31H,1-2H3,(H,35,36)/t28-,29-,30+,31?/m1/s1. The normalized spacial score (nSPS) is 19.8. The van der Waals surface area contributed by atoms with Crippen LogP contribution in [0.1, 0.15) is 34.1 Å². The predicted octanol–water partition coefficient (Wildman–Crippen LogP) is 6.35. The van der Waals surface area contributed by atoms with E-state index >= 15 is 0 Å². The molecule has 0 radical (unpaired) electrons. The van der Waals surface area contributed by atoms with Crippen LogP contribution in [0.15, 0.2) is 97.1 Å². The molecule has 1 aliphatic carbocycles. The fraction of sp³-hybridized carbons (Fsp3) is 0.182. The Kier molecular flexibility index (Phi) is 7.16. The third-order valence-corrected chi connectivity index (χ3v) is 7.55. The van der Waals surface area contributed by atoms with Gasteiger partial charge in [-0.25, -0.2) is 0 Å². The first-order chi connectivity index (χ1) is 18.9. The SMILES string of the molecule is COc1ccccc1[C@H]1C(C(=O)Oc2cccc(-c3ccc(C#N)cc3)c2)[C@H](c2ccccc2C)[C@@H]1C(=O)O. The number of nitrogens with zero attached hydrogens (tertiary/aromatic N) is 1. The van der Waals surface area contributed by atoms with E-state index < -0.39 is 35.6 Å². The van der Waals surface area contributed by atoms with E-state index in [1.807, 2.05) is 67.6 Å². The number of para-hydroxylation sites is 1. The van der Waals surface area contributed by atoms with E-state index in [1.54, 1.807) is 36.4 Å². The van der Waals surface area contributed by atoms with Gasteiger partial charge < -0.3 is 14.6 Å². The molecule has 4 aromatic rings. The van der Waals surface area contributed by atoms with Crippen LogP contribution in [-0.4, -0.2) is 24.2 Å². The van der Waals surface area contributed by atoms with Gasteiger partial charge in [-0.15, -0.1) is 0 Å². The van der Waals surface area contributed by atoms with Crippen LogP contribution in [0.4, 0.5) is 0 Å². The zero-order valence-corrected chi connectivity index (χ0v) is 21.6. The molecule has 1 saturated carbocycles. The number of hydrogen-bond acceptors (Lipinski definition) is 5. The molecule has 1 aliphatic rings. The Morgan fingerprint density at radius 3 is 2.13 bits per heavy atom. The number of nitriles is 1. The minimum absolute atomic E-state index is 0.364. The molecule has 4 atom stereocenters. The maximum Gasteiger partial charge on any atom is 0.315 e. The van der Waals surface area contributed by atoms with Gasteiger partial charge in [-0.2, -0.15) is 5.26 Å². The van der Waals surface area contributed by atoms with Crippen LogP contribution in [0.25, 0.3) is 11.1 Å². The van der Waals surface area contributed by atoms with Gasteiger partial charge in [0.15, 0.2) is 0 Å². The van der Waals surface area contributed by atoms with Crippen molar-refractivity contribution in [3.8, 4) is 28.7 Å². The Hall–Kier alpha value is -4.89. The first kappa shape index (κ1) is 25.7. The maximum absolute atomic E-state index is 13.9. The number of carboxylic acid groups (broad SMARTS) is 1. The summed E-state index contributed by atoms with van der Waals surface area (Å²) in [5.41, 5.74) is 4.69. The number of hydrogen-bond donors (Lipinski definition) is 1. The fourth-order valence-corrected chi connectivity index (χ4v) is 5.69. The maximum atomic E-state index is 13.9. The Labute approximate surface area is 227 Å². The molecular formula is C33H27NO5. The summed E-state index contributed by atoms with van der Waals surface area (Å²) in [5, 5.41) is 19.4. The van der Waals surface area contributed by atoms with E-state index in [9.17, 15) is 14.7 Å². The lowest BCUT2D eigenvalue weighted by Gasteiger charge is -2.49. The first-order valence-electron chi connectivity index (χ1n) is 12.7. The highest BCUT2D eigenvalue weighted by Gasteiger charge is 2.60. The average molecular weight is 518 g/mol. The molecule has 1 fully saturated rings. The zero-order valence-electron chi connectivity index (χ0n) is 21.6. The Bertz CT molecular complexity index is 1570. The second kappa shape index (κ2) is 10.8. The number of ether oxygens (including phenoxy) is 2. The van der Waals surface area contributed by atoms with Gasteiger partial charge in [-0.3, -0.25) is 9.59 Å². The third kappa shape index (κ3) is 4.87. The lowest BCUT2D eigenvalue weighted by Crippen LogP contribution is -2.52. The summed E-state index contributed by atoms with van der Waals surface area (Å²) in [6.45, 7) is 1.92. The summed E-state index contributed by atoms with van der Waals surface area (Å²) in [4.78, 5) is 26.5.